The number of aromatic nitrogens is 2. The molecule has 0 aliphatic carbocycles. The predicted octanol–water partition coefficient (Wildman–Crippen LogP) is 1.83. The molecular formula is C16H19N3O3. The summed E-state index contributed by atoms with van der Waals surface area (Å²) in [6.07, 6.45) is 0.249. The minimum Gasteiger partial charge on any atom is -0.480 e. The smallest absolute Gasteiger partial charge is 0.326 e. The van der Waals surface area contributed by atoms with Gasteiger partial charge in [0.2, 0.25) is 5.91 Å². The van der Waals surface area contributed by atoms with Crippen LogP contribution >= 0.6 is 0 Å². The van der Waals surface area contributed by atoms with Gasteiger partial charge in [0.05, 0.1) is 5.69 Å². The van der Waals surface area contributed by atoms with E-state index in [1.165, 1.54) is 6.92 Å². The Hall–Kier alpha value is -2.63. The highest BCUT2D eigenvalue weighted by Gasteiger charge is 2.19. The monoisotopic (exact) mass is 301 g/mol. The van der Waals surface area contributed by atoms with E-state index in [0.717, 1.165) is 28.1 Å². The second-order valence-corrected chi connectivity index (χ2v) is 5.30. The number of nitrogens with one attached hydrogen (secondary N) is 2. The number of benzene rings is 1. The van der Waals surface area contributed by atoms with E-state index in [0.29, 0.717) is 0 Å². The average Bonchev–Trinajstić information content (AvgIpc) is 2.78. The van der Waals surface area contributed by atoms with Crippen LogP contribution in [0.25, 0.3) is 11.1 Å². The third-order valence-corrected chi connectivity index (χ3v) is 3.49. The minimum atomic E-state index is -1.04. The van der Waals surface area contributed by atoms with Crippen molar-refractivity contribution in [1.82, 2.24) is 15.5 Å². The van der Waals surface area contributed by atoms with Gasteiger partial charge in [-0.15, -0.1) is 0 Å². The second-order valence-electron chi connectivity index (χ2n) is 5.30. The van der Waals surface area contributed by atoms with Crippen LogP contribution < -0.4 is 5.32 Å². The van der Waals surface area contributed by atoms with Gasteiger partial charge in [0, 0.05) is 24.6 Å². The number of H-pyrrole nitrogens is 1. The summed E-state index contributed by atoms with van der Waals surface area (Å²) in [4.78, 5) is 22.2. The van der Waals surface area contributed by atoms with Gasteiger partial charge in [0.1, 0.15) is 6.04 Å². The van der Waals surface area contributed by atoms with E-state index in [4.69, 9.17) is 5.11 Å². The zero-order valence-corrected chi connectivity index (χ0v) is 12.8. The summed E-state index contributed by atoms with van der Waals surface area (Å²) in [5, 5.41) is 18.7. The highest BCUT2D eigenvalue weighted by Crippen LogP contribution is 2.25. The molecule has 0 radical (unpaired) electrons. The first-order valence-corrected chi connectivity index (χ1v) is 6.99. The Balaban J connectivity index is 2.18. The molecule has 6 heteroatoms. The Morgan fingerprint density at radius 1 is 1.27 bits per heavy atom. The van der Waals surface area contributed by atoms with Crippen LogP contribution in [0.4, 0.5) is 0 Å². The zero-order chi connectivity index (χ0) is 16.3. The number of carbonyl (C=O) groups is 2. The number of carboxylic acid groups (broad SMARTS) is 1. The summed E-state index contributed by atoms with van der Waals surface area (Å²) in [6, 6.07) is 6.71. The number of carboxylic acids is 1. The normalized spacial score (nSPS) is 12.0. The Bertz CT molecular complexity index is 670. The van der Waals surface area contributed by atoms with E-state index < -0.39 is 12.0 Å². The topological polar surface area (TPSA) is 95.1 Å². The van der Waals surface area contributed by atoms with Crippen molar-refractivity contribution in [3.05, 3.63) is 41.2 Å². The van der Waals surface area contributed by atoms with Gasteiger partial charge in [-0.25, -0.2) is 4.79 Å². The van der Waals surface area contributed by atoms with Gasteiger partial charge >= 0.3 is 5.97 Å². The largest absolute Gasteiger partial charge is 0.480 e. The molecule has 0 aliphatic rings. The van der Waals surface area contributed by atoms with Gasteiger partial charge < -0.3 is 10.4 Å². The molecular weight excluding hydrogens is 282 g/mol. The zero-order valence-electron chi connectivity index (χ0n) is 12.8. The molecule has 116 valence electrons. The number of hydrogen-bond acceptors (Lipinski definition) is 3. The molecule has 2 aromatic rings. The number of rotatable bonds is 5. The highest BCUT2D eigenvalue weighted by atomic mass is 16.4. The Morgan fingerprint density at radius 2 is 1.91 bits per heavy atom. The lowest BCUT2D eigenvalue weighted by molar-refractivity contribution is -0.141. The summed E-state index contributed by atoms with van der Waals surface area (Å²) in [5.74, 6) is -1.39. The molecule has 1 aromatic heterocycles. The number of aromatic amines is 1. The van der Waals surface area contributed by atoms with Gasteiger partial charge in [0.25, 0.3) is 0 Å². The number of aryl methyl sites for hydroxylation is 2. The molecule has 2 rings (SSSR count). The number of nitrogens with zero attached hydrogens (tertiary/aromatic N) is 1. The molecule has 3 N–H and O–H groups in total. The van der Waals surface area contributed by atoms with Crippen LogP contribution in [-0.4, -0.2) is 33.2 Å². The van der Waals surface area contributed by atoms with Crippen molar-refractivity contribution in [3.63, 3.8) is 0 Å². The molecule has 0 spiro atoms. The lowest BCUT2D eigenvalue weighted by atomic mass is 9.99. The molecule has 1 heterocycles. The van der Waals surface area contributed by atoms with Crippen LogP contribution in [0.2, 0.25) is 0 Å². The second kappa shape index (κ2) is 6.43. The summed E-state index contributed by atoms with van der Waals surface area (Å²) < 4.78 is 0. The first-order chi connectivity index (χ1) is 10.4. The first-order valence-electron chi connectivity index (χ1n) is 6.99. The van der Waals surface area contributed by atoms with Gasteiger partial charge in [-0.2, -0.15) is 5.10 Å². The molecule has 0 saturated heterocycles. The summed E-state index contributed by atoms with van der Waals surface area (Å²) >= 11 is 0. The van der Waals surface area contributed by atoms with Crippen LogP contribution in [0.5, 0.6) is 0 Å². The first kappa shape index (κ1) is 15.8. The summed E-state index contributed by atoms with van der Waals surface area (Å²) in [7, 11) is 0. The fourth-order valence-corrected chi connectivity index (χ4v) is 2.46. The molecule has 1 aromatic carbocycles. The fourth-order valence-electron chi connectivity index (χ4n) is 2.46. The van der Waals surface area contributed by atoms with Gasteiger partial charge in [-0.3, -0.25) is 9.89 Å². The average molecular weight is 301 g/mol. The van der Waals surface area contributed by atoms with E-state index >= 15 is 0 Å². The van der Waals surface area contributed by atoms with Crippen molar-refractivity contribution in [2.45, 2.75) is 33.2 Å². The fraction of sp³-hybridized carbons (Fsp3) is 0.312. The Labute approximate surface area is 128 Å². The number of aliphatic carboxylic acids is 1. The standard InChI is InChI=1S/C16H19N3O3/c1-9-15(10(2)19-18-9)13-6-4-12(5-7-13)8-14(16(21)22)17-11(3)20/h4-7,14H,8H2,1-3H3,(H,17,20)(H,18,19)(H,21,22)/t14-/m1/s1. The predicted molar refractivity (Wildman–Crippen MR) is 82.4 cm³/mol. The molecule has 0 fully saturated rings. The van der Waals surface area contributed by atoms with Crippen LogP contribution in [0, 0.1) is 13.8 Å². The van der Waals surface area contributed by atoms with E-state index in [-0.39, 0.29) is 12.3 Å². The van der Waals surface area contributed by atoms with Gasteiger partial charge in [0.15, 0.2) is 0 Å². The molecule has 0 aliphatic heterocycles. The summed E-state index contributed by atoms with van der Waals surface area (Å²) in [5.41, 5.74) is 4.85. The van der Waals surface area contributed by atoms with Gasteiger partial charge in [-0.05, 0) is 25.0 Å². The van der Waals surface area contributed by atoms with Crippen molar-refractivity contribution in [1.29, 1.82) is 0 Å². The molecule has 1 amide bonds. The Kier molecular flexibility index (Phi) is 4.60. The highest BCUT2D eigenvalue weighted by molar-refractivity contribution is 5.82. The molecule has 0 saturated carbocycles. The van der Waals surface area contributed by atoms with Gasteiger partial charge in [-0.1, -0.05) is 24.3 Å². The third kappa shape index (κ3) is 3.52. The van der Waals surface area contributed by atoms with E-state index in [9.17, 15) is 9.59 Å². The SMILES string of the molecule is CC(=O)N[C@H](Cc1ccc(-c2c(C)n[nH]c2C)cc1)C(=O)O. The number of amides is 1. The lowest BCUT2D eigenvalue weighted by Gasteiger charge is -2.13. The Morgan fingerprint density at radius 3 is 2.36 bits per heavy atom. The lowest BCUT2D eigenvalue weighted by Crippen LogP contribution is -2.41. The van der Waals surface area contributed by atoms with Crippen LogP contribution in [0.1, 0.15) is 23.9 Å². The number of carbonyl (C=O) groups excluding carboxylic acids is 1. The molecule has 22 heavy (non-hydrogen) atoms. The van der Waals surface area contributed by atoms with Crippen LogP contribution in [0.3, 0.4) is 0 Å². The maximum absolute atomic E-state index is 11.2. The van der Waals surface area contributed by atoms with Crippen molar-refractivity contribution in [3.8, 4) is 11.1 Å². The van der Waals surface area contributed by atoms with Crippen molar-refractivity contribution >= 4 is 11.9 Å². The molecule has 6 nitrogen and oxygen atoms in total. The summed E-state index contributed by atoms with van der Waals surface area (Å²) in [6.45, 7) is 5.20. The third-order valence-electron chi connectivity index (χ3n) is 3.49. The van der Waals surface area contributed by atoms with Crippen LogP contribution in [0.15, 0.2) is 24.3 Å². The van der Waals surface area contributed by atoms with Crippen molar-refractivity contribution in [2.75, 3.05) is 0 Å². The quantitative estimate of drug-likeness (QED) is 0.785. The molecule has 0 bridgehead atoms. The maximum atomic E-state index is 11.2. The van der Waals surface area contributed by atoms with Crippen molar-refractivity contribution in [2.24, 2.45) is 0 Å². The number of hydrogen-bond donors (Lipinski definition) is 3. The van der Waals surface area contributed by atoms with E-state index in [1.807, 2.05) is 38.1 Å². The minimum absolute atomic E-state index is 0.249. The molecule has 1 atom stereocenters. The van der Waals surface area contributed by atoms with Crippen LogP contribution in [-0.2, 0) is 16.0 Å². The van der Waals surface area contributed by atoms with Crippen molar-refractivity contribution < 1.29 is 14.7 Å². The van der Waals surface area contributed by atoms with E-state index in [1.54, 1.807) is 0 Å². The van der Waals surface area contributed by atoms with E-state index in [2.05, 4.69) is 15.5 Å². The molecule has 0 unspecified atom stereocenters. The maximum Gasteiger partial charge on any atom is 0.326 e.